The Hall–Kier alpha value is -6.36. The van der Waals surface area contributed by atoms with E-state index < -0.39 is 0 Å². The number of nitrogens with one attached hydrogen (secondary N) is 1. The van der Waals surface area contributed by atoms with Crippen molar-refractivity contribution in [3.05, 3.63) is 168 Å². The monoisotopic (exact) mass is 734 g/mol. The Morgan fingerprint density at radius 3 is 1.86 bits per heavy atom. The molecule has 4 heteroatoms. The minimum absolute atomic E-state index is 0.0487. The summed E-state index contributed by atoms with van der Waals surface area (Å²) in [5, 5.41) is 29.4. The zero-order chi connectivity index (χ0) is 40.6. The van der Waals surface area contributed by atoms with Crippen LogP contribution in [0.4, 0.5) is 22.7 Å². The van der Waals surface area contributed by atoms with Crippen molar-refractivity contribution in [2.24, 2.45) is 0 Å². The van der Waals surface area contributed by atoms with Gasteiger partial charge in [-0.3, -0.25) is 0 Å². The van der Waals surface area contributed by atoms with E-state index in [-0.39, 0.29) is 10.8 Å². The lowest BCUT2D eigenvalue weighted by atomic mass is 9.77. The Labute approximate surface area is 334 Å². The van der Waals surface area contributed by atoms with Crippen LogP contribution in [0.3, 0.4) is 0 Å². The zero-order valence-electron chi connectivity index (χ0n) is 34.5. The van der Waals surface area contributed by atoms with Gasteiger partial charge in [-0.05, 0) is 124 Å². The highest BCUT2D eigenvalue weighted by molar-refractivity contribution is 6.29. The lowest BCUT2D eigenvalue weighted by Gasteiger charge is -2.32. The molecule has 0 spiro atoms. The van der Waals surface area contributed by atoms with Crippen molar-refractivity contribution in [3.8, 4) is 12.1 Å². The molecule has 7 rings (SSSR count). The van der Waals surface area contributed by atoms with Gasteiger partial charge >= 0.3 is 0 Å². The second-order valence-corrected chi connectivity index (χ2v) is 15.7. The van der Waals surface area contributed by atoms with E-state index in [0.717, 1.165) is 34.9 Å². The van der Waals surface area contributed by atoms with Gasteiger partial charge in [0.15, 0.2) is 0 Å². The second kappa shape index (κ2) is 17.4. The maximum absolute atomic E-state index is 9.54. The molecule has 1 aliphatic carbocycles. The molecule has 0 atom stereocenters. The standard InChI is InChI=1S/C42H39N3.C8H9N.C2H6/c1-41(2,3)35-24-37(44-28-12-10-11-13-28)33-22-20-32-36(42(4,5)6)25-38(34-23-21-31(35)39(33)40(32)34)45(29-14-8-7-9-15-29)30-18-16-27(26-43)17-19-30;1-3-5-8(7-9)6-4-2;1-2/h7-10,12-25,44H,11H2,1-6H3;3-6H,1H2,2H3;1-2H3/b;6-4-,8-5+;. The third-order valence-corrected chi connectivity index (χ3v) is 9.83. The summed E-state index contributed by atoms with van der Waals surface area (Å²) in [6, 6.07) is 36.9. The van der Waals surface area contributed by atoms with Crippen LogP contribution in [0.1, 0.15) is 85.4 Å². The average Bonchev–Trinajstić information content (AvgIpc) is 3.71. The summed E-state index contributed by atoms with van der Waals surface area (Å²) in [5.74, 6) is 0. The number of allylic oxidation sites excluding steroid dienone is 8. The van der Waals surface area contributed by atoms with Gasteiger partial charge in [0.25, 0.3) is 0 Å². The van der Waals surface area contributed by atoms with Crippen molar-refractivity contribution in [2.75, 3.05) is 10.2 Å². The van der Waals surface area contributed by atoms with Crippen molar-refractivity contribution in [3.63, 3.8) is 0 Å². The number of anilines is 4. The van der Waals surface area contributed by atoms with Crippen LogP contribution in [0.15, 0.2) is 151 Å². The van der Waals surface area contributed by atoms with Gasteiger partial charge in [-0.15, -0.1) is 0 Å². The Bertz CT molecular complexity index is 2540. The molecule has 0 bridgehead atoms. The number of hydrogen-bond acceptors (Lipinski definition) is 4. The van der Waals surface area contributed by atoms with Crippen LogP contribution in [-0.2, 0) is 10.8 Å². The minimum Gasteiger partial charge on any atom is -0.355 e. The van der Waals surface area contributed by atoms with Gasteiger partial charge in [-0.2, -0.15) is 10.5 Å². The van der Waals surface area contributed by atoms with Crippen molar-refractivity contribution in [1.82, 2.24) is 0 Å². The molecule has 0 unspecified atom stereocenters. The van der Waals surface area contributed by atoms with E-state index in [1.54, 1.807) is 18.2 Å². The van der Waals surface area contributed by atoms with Gasteiger partial charge in [-0.1, -0.05) is 129 Å². The van der Waals surface area contributed by atoms with Crippen LogP contribution < -0.4 is 10.2 Å². The summed E-state index contributed by atoms with van der Waals surface area (Å²) in [5.41, 5.74) is 9.32. The maximum atomic E-state index is 9.54. The minimum atomic E-state index is -0.0997. The normalized spacial score (nSPS) is 12.8. The van der Waals surface area contributed by atoms with Crippen LogP contribution >= 0.6 is 0 Å². The third-order valence-electron chi connectivity index (χ3n) is 9.83. The Balaban J connectivity index is 0.000000483. The van der Waals surface area contributed by atoms with E-state index in [1.807, 2.05) is 45.0 Å². The number of rotatable bonds is 7. The number of para-hydroxylation sites is 1. The van der Waals surface area contributed by atoms with Crippen molar-refractivity contribution >= 4 is 55.1 Å². The molecule has 4 nitrogen and oxygen atoms in total. The SMILES string of the molecule is C=C/C=C(C#N)\C=C/C.CC.CC(C)(C)c1cc(NC2=CCC=C2)c2ccc3c(C(C)(C)C)cc(N(c4ccccc4)c4ccc(C#N)cc4)c4ccc1c2c43. The highest BCUT2D eigenvalue weighted by Crippen LogP contribution is 2.50. The van der Waals surface area contributed by atoms with Gasteiger partial charge < -0.3 is 10.2 Å². The Morgan fingerprint density at radius 1 is 0.750 bits per heavy atom. The van der Waals surface area contributed by atoms with E-state index in [2.05, 4.69) is 161 Å². The van der Waals surface area contributed by atoms with Crippen LogP contribution in [0.2, 0.25) is 0 Å². The van der Waals surface area contributed by atoms with E-state index in [9.17, 15) is 5.26 Å². The highest BCUT2D eigenvalue weighted by Gasteiger charge is 2.28. The van der Waals surface area contributed by atoms with E-state index in [0.29, 0.717) is 11.1 Å². The topological polar surface area (TPSA) is 62.9 Å². The molecule has 56 heavy (non-hydrogen) atoms. The van der Waals surface area contributed by atoms with Crippen molar-refractivity contribution in [1.29, 1.82) is 10.5 Å². The predicted octanol–water partition coefficient (Wildman–Crippen LogP) is 15.0. The van der Waals surface area contributed by atoms with Gasteiger partial charge in [0.1, 0.15) is 0 Å². The Kier molecular flexibility index (Phi) is 12.7. The van der Waals surface area contributed by atoms with Crippen LogP contribution in [0.25, 0.3) is 32.3 Å². The van der Waals surface area contributed by atoms with Crippen molar-refractivity contribution in [2.45, 2.75) is 79.6 Å². The quantitative estimate of drug-likeness (QED) is 0.101. The molecule has 6 aromatic rings. The number of hydrogen-bond donors (Lipinski definition) is 1. The maximum Gasteiger partial charge on any atom is 0.0991 e. The summed E-state index contributed by atoms with van der Waals surface area (Å²) in [6.45, 7) is 23.2. The van der Waals surface area contributed by atoms with Crippen LogP contribution in [0, 0.1) is 22.7 Å². The molecule has 282 valence electrons. The number of nitrogens with zero attached hydrogens (tertiary/aromatic N) is 3. The highest BCUT2D eigenvalue weighted by atomic mass is 15.1. The van der Waals surface area contributed by atoms with Crippen LogP contribution in [0.5, 0.6) is 0 Å². The molecular formula is C52H54N4. The van der Waals surface area contributed by atoms with E-state index in [4.69, 9.17) is 5.26 Å². The molecule has 0 amide bonds. The molecule has 0 aromatic heterocycles. The first kappa shape index (κ1) is 40.8. The molecule has 0 fully saturated rings. The zero-order valence-corrected chi connectivity index (χ0v) is 34.5. The molecule has 0 radical (unpaired) electrons. The van der Waals surface area contributed by atoms with Gasteiger partial charge in [0.2, 0.25) is 0 Å². The fraction of sp³-hybridized carbons (Fsp3) is 0.231. The molecule has 1 aliphatic rings. The third kappa shape index (κ3) is 8.47. The summed E-state index contributed by atoms with van der Waals surface area (Å²) >= 11 is 0. The first-order chi connectivity index (χ1) is 26.9. The predicted molar refractivity (Wildman–Crippen MR) is 242 cm³/mol. The fourth-order valence-corrected chi connectivity index (χ4v) is 7.34. The molecule has 6 aromatic carbocycles. The fourth-order valence-electron chi connectivity index (χ4n) is 7.34. The summed E-state index contributed by atoms with van der Waals surface area (Å²) in [7, 11) is 0. The largest absolute Gasteiger partial charge is 0.355 e. The van der Waals surface area contributed by atoms with E-state index >= 15 is 0 Å². The molecular weight excluding hydrogens is 681 g/mol. The second-order valence-electron chi connectivity index (χ2n) is 15.7. The van der Waals surface area contributed by atoms with Crippen molar-refractivity contribution < 1.29 is 0 Å². The number of nitriles is 2. The lowest BCUT2D eigenvalue weighted by molar-refractivity contribution is 0.595. The van der Waals surface area contributed by atoms with Crippen LogP contribution in [-0.4, -0.2) is 0 Å². The summed E-state index contributed by atoms with van der Waals surface area (Å²) < 4.78 is 0. The molecule has 0 saturated carbocycles. The smallest absolute Gasteiger partial charge is 0.0991 e. The van der Waals surface area contributed by atoms with Gasteiger partial charge in [0.05, 0.1) is 29.0 Å². The first-order valence-electron chi connectivity index (χ1n) is 19.5. The molecule has 0 heterocycles. The summed E-state index contributed by atoms with van der Waals surface area (Å²) in [6.07, 6.45) is 14.4. The molecule has 1 N–H and O–H groups in total. The van der Waals surface area contributed by atoms with E-state index in [1.165, 1.54) is 43.4 Å². The Morgan fingerprint density at radius 2 is 1.32 bits per heavy atom. The lowest BCUT2D eigenvalue weighted by Crippen LogP contribution is -2.16. The molecule has 0 saturated heterocycles. The van der Waals surface area contributed by atoms with Gasteiger partial charge in [0, 0.05) is 33.5 Å². The average molecular weight is 735 g/mol. The first-order valence-corrected chi connectivity index (χ1v) is 19.5. The van der Waals surface area contributed by atoms with Gasteiger partial charge in [-0.25, -0.2) is 0 Å². The summed E-state index contributed by atoms with van der Waals surface area (Å²) in [4.78, 5) is 2.35. The molecule has 0 aliphatic heterocycles. The number of benzene rings is 6.